The van der Waals surface area contributed by atoms with Crippen molar-refractivity contribution in [1.29, 1.82) is 0 Å². The van der Waals surface area contributed by atoms with Gasteiger partial charge in [0.1, 0.15) is 6.54 Å². The second-order valence-electron chi connectivity index (χ2n) is 5.85. The van der Waals surface area contributed by atoms with Crippen molar-refractivity contribution in [3.8, 4) is 0 Å². The number of carboxylic acid groups (broad SMARTS) is 1. The van der Waals surface area contributed by atoms with Gasteiger partial charge in [-0.1, -0.05) is 26.7 Å². The van der Waals surface area contributed by atoms with Crippen molar-refractivity contribution in [3.05, 3.63) is 17.5 Å². The molecule has 1 fully saturated rings. The van der Waals surface area contributed by atoms with Crippen LogP contribution in [0.5, 0.6) is 0 Å². The Hall–Kier alpha value is -1.65. The summed E-state index contributed by atoms with van der Waals surface area (Å²) < 4.78 is 0. The van der Waals surface area contributed by atoms with E-state index in [2.05, 4.69) is 23.8 Å². The maximum atomic E-state index is 11.1. The molecule has 5 nitrogen and oxygen atoms in total. The summed E-state index contributed by atoms with van der Waals surface area (Å²) in [6.45, 7) is 6.08. The molecule has 1 aliphatic carbocycles. The number of nitrogens with zero attached hydrogens (tertiary/aromatic N) is 3. The Balaban J connectivity index is 2.34. The number of aryl methyl sites for hydroxylation is 1. The molecule has 1 aliphatic rings. The zero-order valence-electron chi connectivity index (χ0n) is 12.5. The van der Waals surface area contributed by atoms with E-state index in [0.29, 0.717) is 11.9 Å². The zero-order chi connectivity index (χ0) is 14.7. The van der Waals surface area contributed by atoms with Crippen molar-refractivity contribution >= 4 is 11.9 Å². The topological polar surface area (TPSA) is 66.3 Å². The zero-order valence-corrected chi connectivity index (χ0v) is 12.5. The summed E-state index contributed by atoms with van der Waals surface area (Å²) in [5.41, 5.74) is 1.87. The molecule has 5 heteroatoms. The first-order valence-corrected chi connectivity index (χ1v) is 7.31. The van der Waals surface area contributed by atoms with E-state index in [-0.39, 0.29) is 12.6 Å². The fourth-order valence-corrected chi connectivity index (χ4v) is 2.73. The van der Waals surface area contributed by atoms with Gasteiger partial charge in [0.25, 0.3) is 0 Å². The molecule has 1 aromatic heterocycles. The first-order valence-electron chi connectivity index (χ1n) is 7.31. The lowest BCUT2D eigenvalue weighted by Gasteiger charge is -2.28. The predicted octanol–water partition coefficient (Wildman–Crippen LogP) is 2.74. The Kier molecular flexibility index (Phi) is 4.57. The Morgan fingerprint density at radius 1 is 1.40 bits per heavy atom. The molecular weight excluding hydrogens is 254 g/mol. The van der Waals surface area contributed by atoms with Crippen LogP contribution in [0, 0.1) is 6.92 Å². The van der Waals surface area contributed by atoms with E-state index in [1.807, 2.05) is 17.9 Å². The number of carbonyl (C=O) groups is 1. The molecule has 1 N–H and O–H groups in total. The first-order chi connectivity index (χ1) is 9.47. The summed E-state index contributed by atoms with van der Waals surface area (Å²) in [5.74, 6) is 0.0572. The maximum Gasteiger partial charge on any atom is 0.323 e. The SMILES string of the molecule is Cc1cc(C(C)C)nc(N(CC(=O)O)C2CCCC2)n1. The number of rotatable bonds is 5. The van der Waals surface area contributed by atoms with E-state index in [1.54, 1.807) is 0 Å². The minimum Gasteiger partial charge on any atom is -0.480 e. The molecule has 0 saturated heterocycles. The van der Waals surface area contributed by atoms with Gasteiger partial charge < -0.3 is 10.0 Å². The highest BCUT2D eigenvalue weighted by Gasteiger charge is 2.27. The normalized spacial score (nSPS) is 15.8. The Labute approximate surface area is 120 Å². The van der Waals surface area contributed by atoms with Gasteiger partial charge in [-0.05, 0) is 31.7 Å². The highest BCUT2D eigenvalue weighted by Crippen LogP contribution is 2.27. The molecule has 0 aromatic carbocycles. The third kappa shape index (κ3) is 3.46. The van der Waals surface area contributed by atoms with Crippen LogP contribution >= 0.6 is 0 Å². The van der Waals surface area contributed by atoms with Crippen LogP contribution < -0.4 is 4.90 Å². The second-order valence-corrected chi connectivity index (χ2v) is 5.85. The molecule has 0 aliphatic heterocycles. The van der Waals surface area contributed by atoms with Crippen molar-refractivity contribution in [2.75, 3.05) is 11.4 Å². The monoisotopic (exact) mass is 277 g/mol. The van der Waals surface area contributed by atoms with Gasteiger partial charge in [0, 0.05) is 17.4 Å². The first kappa shape index (κ1) is 14.8. The van der Waals surface area contributed by atoms with Crippen LogP contribution in [0.4, 0.5) is 5.95 Å². The average Bonchev–Trinajstić information content (AvgIpc) is 2.88. The number of carboxylic acids is 1. The fraction of sp³-hybridized carbons (Fsp3) is 0.667. The number of aliphatic carboxylic acids is 1. The summed E-state index contributed by atoms with van der Waals surface area (Å²) in [6.07, 6.45) is 4.37. The minimum absolute atomic E-state index is 0.0222. The summed E-state index contributed by atoms with van der Waals surface area (Å²) in [6, 6.07) is 2.23. The number of hydrogen-bond donors (Lipinski definition) is 1. The van der Waals surface area contributed by atoms with Gasteiger partial charge in [0.05, 0.1) is 0 Å². The predicted molar refractivity (Wildman–Crippen MR) is 78.1 cm³/mol. The third-order valence-electron chi connectivity index (χ3n) is 3.78. The van der Waals surface area contributed by atoms with Crippen molar-refractivity contribution in [2.24, 2.45) is 0 Å². The van der Waals surface area contributed by atoms with E-state index < -0.39 is 5.97 Å². The summed E-state index contributed by atoms with van der Waals surface area (Å²) in [5, 5.41) is 9.16. The smallest absolute Gasteiger partial charge is 0.323 e. The Morgan fingerprint density at radius 2 is 2.05 bits per heavy atom. The van der Waals surface area contributed by atoms with Crippen LogP contribution in [0.15, 0.2) is 6.07 Å². The highest BCUT2D eigenvalue weighted by molar-refractivity contribution is 5.73. The van der Waals surface area contributed by atoms with Gasteiger partial charge in [-0.25, -0.2) is 9.97 Å². The van der Waals surface area contributed by atoms with Crippen molar-refractivity contribution in [3.63, 3.8) is 0 Å². The maximum absolute atomic E-state index is 11.1. The van der Waals surface area contributed by atoms with Gasteiger partial charge in [-0.2, -0.15) is 0 Å². The van der Waals surface area contributed by atoms with Crippen LogP contribution in [0.2, 0.25) is 0 Å². The van der Waals surface area contributed by atoms with Crippen LogP contribution in [0.1, 0.15) is 56.8 Å². The van der Waals surface area contributed by atoms with Gasteiger partial charge >= 0.3 is 5.97 Å². The molecule has 1 heterocycles. The summed E-state index contributed by atoms with van der Waals surface area (Å²) in [4.78, 5) is 22.1. The molecule has 110 valence electrons. The minimum atomic E-state index is -0.826. The number of aromatic nitrogens is 2. The van der Waals surface area contributed by atoms with E-state index in [1.165, 1.54) is 0 Å². The molecule has 0 spiro atoms. The van der Waals surface area contributed by atoms with Crippen LogP contribution in [0.25, 0.3) is 0 Å². The third-order valence-corrected chi connectivity index (χ3v) is 3.78. The lowest BCUT2D eigenvalue weighted by atomic mass is 10.1. The van der Waals surface area contributed by atoms with E-state index in [0.717, 1.165) is 37.1 Å². The largest absolute Gasteiger partial charge is 0.480 e. The molecule has 0 unspecified atom stereocenters. The average molecular weight is 277 g/mol. The molecule has 0 amide bonds. The van der Waals surface area contributed by atoms with Gasteiger partial charge in [-0.15, -0.1) is 0 Å². The molecular formula is C15H23N3O2. The standard InChI is InChI=1S/C15H23N3O2/c1-10(2)13-8-11(3)16-15(17-13)18(9-14(19)20)12-6-4-5-7-12/h8,10,12H,4-7,9H2,1-3H3,(H,19,20). The Morgan fingerprint density at radius 3 is 2.60 bits per heavy atom. The fourth-order valence-electron chi connectivity index (χ4n) is 2.73. The Bertz CT molecular complexity index is 482. The number of anilines is 1. The molecule has 0 atom stereocenters. The molecule has 1 saturated carbocycles. The van der Waals surface area contributed by atoms with Crippen LogP contribution in [0.3, 0.4) is 0 Å². The lowest BCUT2D eigenvalue weighted by molar-refractivity contribution is -0.135. The second kappa shape index (κ2) is 6.20. The quantitative estimate of drug-likeness (QED) is 0.896. The molecule has 0 bridgehead atoms. The van der Waals surface area contributed by atoms with Crippen molar-refractivity contribution in [2.45, 2.75) is 58.4 Å². The molecule has 20 heavy (non-hydrogen) atoms. The number of hydrogen-bond acceptors (Lipinski definition) is 4. The van der Waals surface area contributed by atoms with E-state index in [9.17, 15) is 4.79 Å². The molecule has 0 radical (unpaired) electrons. The van der Waals surface area contributed by atoms with E-state index in [4.69, 9.17) is 5.11 Å². The van der Waals surface area contributed by atoms with E-state index >= 15 is 0 Å². The highest BCUT2D eigenvalue weighted by atomic mass is 16.4. The summed E-state index contributed by atoms with van der Waals surface area (Å²) >= 11 is 0. The van der Waals surface area contributed by atoms with Crippen LogP contribution in [-0.4, -0.2) is 33.6 Å². The van der Waals surface area contributed by atoms with Gasteiger partial charge in [-0.3, -0.25) is 4.79 Å². The van der Waals surface area contributed by atoms with Crippen LogP contribution in [-0.2, 0) is 4.79 Å². The van der Waals surface area contributed by atoms with Crippen molar-refractivity contribution < 1.29 is 9.90 Å². The van der Waals surface area contributed by atoms with Gasteiger partial charge in [0.2, 0.25) is 5.95 Å². The van der Waals surface area contributed by atoms with Gasteiger partial charge in [0.15, 0.2) is 0 Å². The van der Waals surface area contributed by atoms with Crippen molar-refractivity contribution in [1.82, 2.24) is 9.97 Å². The molecule has 1 aromatic rings. The molecule has 2 rings (SSSR count). The lowest BCUT2D eigenvalue weighted by Crippen LogP contribution is -2.39. The summed E-state index contributed by atoms with van der Waals surface area (Å²) in [7, 11) is 0.